The maximum atomic E-state index is 12.7. The Morgan fingerprint density at radius 2 is 1.85 bits per heavy atom. The molecule has 26 heavy (non-hydrogen) atoms. The summed E-state index contributed by atoms with van der Waals surface area (Å²) >= 11 is 12.0. The first-order valence-electron chi connectivity index (χ1n) is 8.81. The third-order valence-electron chi connectivity index (χ3n) is 4.62. The summed E-state index contributed by atoms with van der Waals surface area (Å²) in [4.78, 5) is 16.0. The molecule has 1 amide bonds. The van der Waals surface area contributed by atoms with Gasteiger partial charge in [0.05, 0.1) is 31.2 Å². The molecule has 1 aliphatic rings. The van der Waals surface area contributed by atoms with Gasteiger partial charge in [0.15, 0.2) is 6.10 Å². The van der Waals surface area contributed by atoms with Crippen molar-refractivity contribution in [3.8, 4) is 5.75 Å². The van der Waals surface area contributed by atoms with Crippen LogP contribution in [0.3, 0.4) is 0 Å². The SMILES string of the molecule is C[C@H](Oc1ccc(Cl)cc1Cl)C(=O)N1CC[NH+](Cc2ccccc2)CC1. The quantitative estimate of drug-likeness (QED) is 0.846. The summed E-state index contributed by atoms with van der Waals surface area (Å²) in [6.07, 6.45) is -0.579. The number of nitrogens with one attached hydrogen (secondary N) is 1. The Morgan fingerprint density at radius 3 is 2.50 bits per heavy atom. The second-order valence-electron chi connectivity index (χ2n) is 6.57. The molecule has 2 aromatic carbocycles. The fraction of sp³-hybridized carbons (Fsp3) is 0.350. The van der Waals surface area contributed by atoms with Crippen molar-refractivity contribution in [3.63, 3.8) is 0 Å². The van der Waals surface area contributed by atoms with E-state index in [2.05, 4.69) is 24.3 Å². The fourth-order valence-electron chi connectivity index (χ4n) is 3.17. The molecule has 1 aliphatic heterocycles. The molecular formula is C20H23Cl2N2O2+. The van der Waals surface area contributed by atoms with Gasteiger partial charge in [0.2, 0.25) is 0 Å². The molecule has 1 saturated heterocycles. The number of carbonyl (C=O) groups is 1. The fourth-order valence-corrected chi connectivity index (χ4v) is 3.63. The molecule has 0 radical (unpaired) electrons. The zero-order chi connectivity index (χ0) is 18.5. The largest absolute Gasteiger partial charge is 0.479 e. The molecule has 0 saturated carbocycles. The number of halogens is 2. The average Bonchev–Trinajstić information content (AvgIpc) is 2.65. The molecule has 0 aromatic heterocycles. The highest BCUT2D eigenvalue weighted by atomic mass is 35.5. The van der Waals surface area contributed by atoms with Gasteiger partial charge in [0.1, 0.15) is 12.3 Å². The van der Waals surface area contributed by atoms with Crippen molar-refractivity contribution in [2.45, 2.75) is 19.6 Å². The van der Waals surface area contributed by atoms with Crippen LogP contribution in [0.25, 0.3) is 0 Å². The first-order chi connectivity index (χ1) is 12.5. The van der Waals surface area contributed by atoms with Crippen LogP contribution in [-0.4, -0.2) is 43.1 Å². The summed E-state index contributed by atoms with van der Waals surface area (Å²) in [5.41, 5.74) is 1.33. The van der Waals surface area contributed by atoms with E-state index in [0.717, 1.165) is 32.7 Å². The molecule has 3 rings (SSSR count). The van der Waals surface area contributed by atoms with Gasteiger partial charge in [-0.25, -0.2) is 0 Å². The first kappa shape index (κ1) is 19.0. The number of piperazine rings is 1. The number of amides is 1. The minimum Gasteiger partial charge on any atom is -0.479 e. The molecule has 0 unspecified atom stereocenters. The summed E-state index contributed by atoms with van der Waals surface area (Å²) in [6, 6.07) is 15.5. The Balaban J connectivity index is 1.51. The van der Waals surface area contributed by atoms with Crippen LogP contribution < -0.4 is 9.64 Å². The van der Waals surface area contributed by atoms with E-state index in [0.29, 0.717) is 15.8 Å². The second kappa shape index (κ2) is 8.76. The van der Waals surface area contributed by atoms with Crippen molar-refractivity contribution in [1.82, 2.24) is 4.90 Å². The van der Waals surface area contributed by atoms with Crippen LogP contribution in [0.4, 0.5) is 0 Å². The van der Waals surface area contributed by atoms with Crippen LogP contribution >= 0.6 is 23.2 Å². The molecule has 6 heteroatoms. The van der Waals surface area contributed by atoms with E-state index in [-0.39, 0.29) is 5.91 Å². The lowest BCUT2D eigenvalue weighted by Crippen LogP contribution is -3.13. The second-order valence-corrected chi connectivity index (χ2v) is 7.42. The van der Waals surface area contributed by atoms with E-state index >= 15 is 0 Å². The Labute approximate surface area is 164 Å². The maximum Gasteiger partial charge on any atom is 0.263 e. The number of rotatable bonds is 5. The van der Waals surface area contributed by atoms with E-state index in [1.807, 2.05) is 11.0 Å². The molecule has 4 nitrogen and oxygen atoms in total. The molecule has 0 spiro atoms. The van der Waals surface area contributed by atoms with Crippen molar-refractivity contribution in [1.29, 1.82) is 0 Å². The summed E-state index contributed by atoms with van der Waals surface area (Å²) in [6.45, 7) is 6.11. The molecule has 1 heterocycles. The van der Waals surface area contributed by atoms with Gasteiger partial charge in [-0.2, -0.15) is 0 Å². The Kier molecular flexibility index (Phi) is 6.41. The average molecular weight is 394 g/mol. The Morgan fingerprint density at radius 1 is 1.15 bits per heavy atom. The number of hydrogen-bond donors (Lipinski definition) is 1. The lowest BCUT2D eigenvalue weighted by Gasteiger charge is -2.33. The molecule has 2 aromatic rings. The van der Waals surface area contributed by atoms with Crippen LogP contribution in [0.5, 0.6) is 5.75 Å². The van der Waals surface area contributed by atoms with E-state index in [4.69, 9.17) is 27.9 Å². The van der Waals surface area contributed by atoms with Crippen LogP contribution in [0, 0.1) is 0 Å². The lowest BCUT2D eigenvalue weighted by atomic mass is 10.2. The van der Waals surface area contributed by atoms with Crippen molar-refractivity contribution in [2.24, 2.45) is 0 Å². The minimum absolute atomic E-state index is 0.00484. The third-order valence-corrected chi connectivity index (χ3v) is 5.16. The van der Waals surface area contributed by atoms with Crippen molar-refractivity contribution < 1.29 is 14.4 Å². The Hall–Kier alpha value is -1.75. The van der Waals surface area contributed by atoms with Crippen LogP contribution in [0.15, 0.2) is 48.5 Å². The summed E-state index contributed by atoms with van der Waals surface area (Å²) < 4.78 is 5.75. The van der Waals surface area contributed by atoms with E-state index < -0.39 is 6.10 Å². The number of carbonyl (C=O) groups excluding carboxylic acids is 1. The highest BCUT2D eigenvalue weighted by Gasteiger charge is 2.28. The van der Waals surface area contributed by atoms with Gasteiger partial charge in [-0.3, -0.25) is 4.79 Å². The standard InChI is InChI=1S/C20H22Cl2N2O2/c1-15(26-19-8-7-17(21)13-18(19)22)20(25)24-11-9-23(10-12-24)14-16-5-3-2-4-6-16/h2-8,13,15H,9-12,14H2,1H3/p+1/t15-/m0/s1. The van der Waals surface area contributed by atoms with Crippen LogP contribution in [0.2, 0.25) is 10.0 Å². The van der Waals surface area contributed by atoms with Crippen molar-refractivity contribution in [2.75, 3.05) is 26.2 Å². The number of quaternary nitrogens is 1. The van der Waals surface area contributed by atoms with E-state index in [1.54, 1.807) is 25.1 Å². The number of nitrogens with zero attached hydrogens (tertiary/aromatic N) is 1. The third kappa shape index (κ3) is 4.91. The van der Waals surface area contributed by atoms with Crippen molar-refractivity contribution in [3.05, 3.63) is 64.1 Å². The van der Waals surface area contributed by atoms with Crippen molar-refractivity contribution >= 4 is 29.1 Å². The van der Waals surface area contributed by atoms with Gasteiger partial charge >= 0.3 is 0 Å². The predicted molar refractivity (Wildman–Crippen MR) is 104 cm³/mol. The van der Waals surface area contributed by atoms with Gasteiger partial charge in [0.25, 0.3) is 5.91 Å². The Bertz CT molecular complexity index is 747. The molecular weight excluding hydrogens is 371 g/mol. The van der Waals surface area contributed by atoms with Crippen LogP contribution in [-0.2, 0) is 11.3 Å². The zero-order valence-corrected chi connectivity index (χ0v) is 16.3. The van der Waals surface area contributed by atoms with Gasteiger partial charge in [-0.05, 0) is 25.1 Å². The monoisotopic (exact) mass is 393 g/mol. The highest BCUT2D eigenvalue weighted by Crippen LogP contribution is 2.28. The predicted octanol–water partition coefficient (Wildman–Crippen LogP) is 2.69. The minimum atomic E-state index is -0.579. The number of hydrogen-bond acceptors (Lipinski definition) is 2. The van der Waals surface area contributed by atoms with Gasteiger partial charge < -0.3 is 14.5 Å². The number of benzene rings is 2. The van der Waals surface area contributed by atoms with Gasteiger partial charge in [0, 0.05) is 10.6 Å². The zero-order valence-electron chi connectivity index (χ0n) is 14.8. The highest BCUT2D eigenvalue weighted by molar-refractivity contribution is 6.35. The van der Waals surface area contributed by atoms with Crippen LogP contribution in [0.1, 0.15) is 12.5 Å². The molecule has 0 bridgehead atoms. The molecule has 138 valence electrons. The lowest BCUT2D eigenvalue weighted by molar-refractivity contribution is -0.917. The smallest absolute Gasteiger partial charge is 0.263 e. The molecule has 0 aliphatic carbocycles. The molecule has 1 fully saturated rings. The normalized spacial score (nSPS) is 16.3. The van der Waals surface area contributed by atoms with E-state index in [9.17, 15) is 4.79 Å². The summed E-state index contributed by atoms with van der Waals surface area (Å²) in [5, 5.41) is 0.952. The maximum absolute atomic E-state index is 12.7. The van der Waals surface area contributed by atoms with Gasteiger partial charge in [-0.15, -0.1) is 0 Å². The molecule has 1 atom stereocenters. The summed E-state index contributed by atoms with van der Waals surface area (Å²) in [7, 11) is 0. The van der Waals surface area contributed by atoms with E-state index in [1.165, 1.54) is 10.5 Å². The molecule has 1 N–H and O–H groups in total. The summed E-state index contributed by atoms with van der Waals surface area (Å²) in [5.74, 6) is 0.472. The van der Waals surface area contributed by atoms with Gasteiger partial charge in [-0.1, -0.05) is 53.5 Å². The number of ether oxygens (including phenoxy) is 1. The topological polar surface area (TPSA) is 34.0 Å². The first-order valence-corrected chi connectivity index (χ1v) is 9.56.